The van der Waals surface area contributed by atoms with Crippen LogP contribution in [0.15, 0.2) is 28.9 Å². The van der Waals surface area contributed by atoms with E-state index in [4.69, 9.17) is 9.15 Å². The van der Waals surface area contributed by atoms with E-state index in [1.807, 2.05) is 39.0 Å². The number of hydrogen-bond acceptors (Lipinski definition) is 3. The third-order valence-electron chi connectivity index (χ3n) is 3.17. The Kier molecular flexibility index (Phi) is 3.96. The topological polar surface area (TPSA) is 42.6 Å². The van der Waals surface area contributed by atoms with Gasteiger partial charge in [-0.15, -0.1) is 0 Å². The first-order valence-electron chi connectivity index (χ1n) is 6.53. The van der Waals surface area contributed by atoms with E-state index in [2.05, 4.69) is 0 Å². The molecule has 0 saturated heterocycles. The van der Waals surface area contributed by atoms with Crippen molar-refractivity contribution in [3.63, 3.8) is 0 Å². The largest absolute Gasteiger partial charge is 0.494 e. The summed E-state index contributed by atoms with van der Waals surface area (Å²) in [6.45, 7) is 8.26. The van der Waals surface area contributed by atoms with E-state index in [0.29, 0.717) is 6.61 Å². The predicted octanol–water partition coefficient (Wildman–Crippen LogP) is 4.02. The van der Waals surface area contributed by atoms with E-state index in [-0.39, 0.29) is 0 Å². The van der Waals surface area contributed by atoms with E-state index >= 15 is 0 Å². The van der Waals surface area contributed by atoms with Gasteiger partial charge in [0.1, 0.15) is 11.5 Å². The fraction of sp³-hybridized carbons (Fsp3) is 0.375. The number of aliphatic hydroxyl groups excluding tert-OH is 1. The van der Waals surface area contributed by atoms with Gasteiger partial charge in [-0.05, 0) is 62.6 Å². The van der Waals surface area contributed by atoms with Gasteiger partial charge in [-0.1, -0.05) is 0 Å². The summed E-state index contributed by atoms with van der Waals surface area (Å²) in [5.74, 6) is 1.65. The average molecular weight is 260 g/mol. The number of rotatable bonds is 4. The Hall–Kier alpha value is -1.74. The molecule has 2 aromatic rings. The van der Waals surface area contributed by atoms with Crippen molar-refractivity contribution in [3.8, 4) is 16.9 Å². The van der Waals surface area contributed by atoms with Crippen LogP contribution >= 0.6 is 0 Å². The van der Waals surface area contributed by atoms with Crippen LogP contribution in [0.25, 0.3) is 11.1 Å². The second-order valence-corrected chi connectivity index (χ2v) is 4.75. The molecule has 1 N–H and O–H groups in total. The molecule has 1 heterocycles. The zero-order valence-electron chi connectivity index (χ0n) is 11.9. The van der Waals surface area contributed by atoms with E-state index in [9.17, 15) is 5.11 Å². The average Bonchev–Trinajstić information content (AvgIpc) is 2.69. The van der Waals surface area contributed by atoms with Crippen LogP contribution in [-0.4, -0.2) is 11.7 Å². The SMILES string of the molecule is CCOc1cc(-c2c(C)coc2C)cc(C(C)O)c1. The van der Waals surface area contributed by atoms with E-state index in [1.165, 1.54) is 0 Å². The maximum absolute atomic E-state index is 9.80. The zero-order valence-corrected chi connectivity index (χ0v) is 11.9. The molecule has 0 aliphatic heterocycles. The maximum atomic E-state index is 9.80. The molecule has 0 radical (unpaired) electrons. The molecule has 1 aromatic carbocycles. The van der Waals surface area contributed by atoms with Crippen LogP contribution in [-0.2, 0) is 0 Å². The van der Waals surface area contributed by atoms with Crippen molar-refractivity contribution >= 4 is 0 Å². The molecule has 0 spiro atoms. The first-order chi connectivity index (χ1) is 9.02. The monoisotopic (exact) mass is 260 g/mol. The van der Waals surface area contributed by atoms with Crippen molar-refractivity contribution in [3.05, 3.63) is 41.3 Å². The third kappa shape index (κ3) is 2.82. The Morgan fingerprint density at radius 3 is 2.53 bits per heavy atom. The summed E-state index contributed by atoms with van der Waals surface area (Å²) in [7, 11) is 0. The summed E-state index contributed by atoms with van der Waals surface area (Å²) in [6.07, 6.45) is 1.23. The highest BCUT2D eigenvalue weighted by Gasteiger charge is 2.13. The van der Waals surface area contributed by atoms with Gasteiger partial charge in [-0.25, -0.2) is 0 Å². The van der Waals surface area contributed by atoms with Gasteiger partial charge >= 0.3 is 0 Å². The zero-order chi connectivity index (χ0) is 14.0. The Balaban J connectivity index is 2.56. The molecular weight excluding hydrogens is 240 g/mol. The molecule has 2 rings (SSSR count). The van der Waals surface area contributed by atoms with Crippen LogP contribution in [0.2, 0.25) is 0 Å². The van der Waals surface area contributed by atoms with Crippen molar-refractivity contribution in [1.82, 2.24) is 0 Å². The quantitative estimate of drug-likeness (QED) is 0.903. The molecule has 1 unspecified atom stereocenters. The van der Waals surface area contributed by atoms with Crippen LogP contribution < -0.4 is 4.74 Å². The molecule has 0 bridgehead atoms. The molecule has 102 valence electrons. The summed E-state index contributed by atoms with van der Waals surface area (Å²) in [5, 5.41) is 9.80. The van der Waals surface area contributed by atoms with E-state index in [1.54, 1.807) is 13.2 Å². The third-order valence-corrected chi connectivity index (χ3v) is 3.17. The minimum atomic E-state index is -0.522. The first kappa shape index (κ1) is 13.7. The molecule has 0 aliphatic carbocycles. The summed E-state index contributed by atoms with van der Waals surface area (Å²) in [6, 6.07) is 5.85. The predicted molar refractivity (Wildman–Crippen MR) is 75.4 cm³/mol. The second-order valence-electron chi connectivity index (χ2n) is 4.75. The van der Waals surface area contributed by atoms with Crippen LogP contribution in [0, 0.1) is 13.8 Å². The summed E-state index contributed by atoms with van der Waals surface area (Å²) >= 11 is 0. The number of aliphatic hydroxyl groups is 1. The number of furan rings is 1. The lowest BCUT2D eigenvalue weighted by Gasteiger charge is -2.12. The van der Waals surface area contributed by atoms with Crippen molar-refractivity contribution in [2.45, 2.75) is 33.8 Å². The second kappa shape index (κ2) is 5.49. The number of hydrogen-bond donors (Lipinski definition) is 1. The molecule has 0 saturated carbocycles. The lowest BCUT2D eigenvalue weighted by atomic mass is 9.98. The van der Waals surface area contributed by atoms with E-state index < -0.39 is 6.10 Å². The fourth-order valence-electron chi connectivity index (χ4n) is 2.26. The van der Waals surface area contributed by atoms with E-state index in [0.717, 1.165) is 33.8 Å². The van der Waals surface area contributed by atoms with Gasteiger partial charge in [-0.3, -0.25) is 0 Å². The highest BCUT2D eigenvalue weighted by molar-refractivity contribution is 5.71. The van der Waals surface area contributed by atoms with Crippen molar-refractivity contribution < 1.29 is 14.3 Å². The minimum absolute atomic E-state index is 0.522. The Morgan fingerprint density at radius 1 is 1.26 bits per heavy atom. The molecule has 3 heteroatoms. The van der Waals surface area contributed by atoms with Gasteiger partial charge in [0.2, 0.25) is 0 Å². The molecule has 1 aromatic heterocycles. The highest BCUT2D eigenvalue weighted by Crippen LogP contribution is 2.33. The van der Waals surface area contributed by atoms with Gasteiger partial charge in [0, 0.05) is 5.56 Å². The van der Waals surface area contributed by atoms with Crippen LogP contribution in [0.3, 0.4) is 0 Å². The minimum Gasteiger partial charge on any atom is -0.494 e. The summed E-state index contributed by atoms with van der Waals surface area (Å²) in [4.78, 5) is 0. The Bertz CT molecular complexity index is 548. The van der Waals surface area contributed by atoms with Crippen molar-refractivity contribution in [2.75, 3.05) is 6.61 Å². The standard InChI is InChI=1S/C16H20O3/c1-5-18-15-7-13(11(3)17)6-14(8-15)16-10(2)9-19-12(16)4/h6-9,11,17H,5H2,1-4H3. The van der Waals surface area contributed by atoms with Gasteiger partial charge in [0.25, 0.3) is 0 Å². The lowest BCUT2D eigenvalue weighted by molar-refractivity contribution is 0.198. The van der Waals surface area contributed by atoms with Gasteiger partial charge in [0.15, 0.2) is 0 Å². The molecule has 0 fully saturated rings. The van der Waals surface area contributed by atoms with Gasteiger partial charge < -0.3 is 14.3 Å². The smallest absolute Gasteiger partial charge is 0.120 e. The van der Waals surface area contributed by atoms with Gasteiger partial charge in [0.05, 0.1) is 19.0 Å². The van der Waals surface area contributed by atoms with Crippen LogP contribution in [0.1, 0.15) is 36.8 Å². The van der Waals surface area contributed by atoms with Crippen molar-refractivity contribution in [2.24, 2.45) is 0 Å². The molecule has 19 heavy (non-hydrogen) atoms. The van der Waals surface area contributed by atoms with Crippen molar-refractivity contribution in [1.29, 1.82) is 0 Å². The molecule has 0 aliphatic rings. The van der Waals surface area contributed by atoms with Gasteiger partial charge in [-0.2, -0.15) is 0 Å². The molecule has 0 amide bonds. The molecule has 1 atom stereocenters. The number of ether oxygens (including phenoxy) is 1. The lowest BCUT2D eigenvalue weighted by Crippen LogP contribution is -1.97. The Morgan fingerprint density at radius 2 is 2.00 bits per heavy atom. The summed E-state index contributed by atoms with van der Waals surface area (Å²) in [5.41, 5.74) is 4.03. The normalized spacial score (nSPS) is 12.5. The summed E-state index contributed by atoms with van der Waals surface area (Å²) < 4.78 is 11.0. The molecular formula is C16H20O3. The maximum Gasteiger partial charge on any atom is 0.120 e. The van der Waals surface area contributed by atoms with Crippen LogP contribution in [0.4, 0.5) is 0 Å². The number of benzene rings is 1. The van der Waals surface area contributed by atoms with Crippen LogP contribution in [0.5, 0.6) is 5.75 Å². The fourth-order valence-corrected chi connectivity index (χ4v) is 2.26. The Labute approximate surface area is 113 Å². The number of aryl methyl sites for hydroxylation is 2. The first-order valence-corrected chi connectivity index (χ1v) is 6.53. The molecule has 3 nitrogen and oxygen atoms in total. The highest BCUT2D eigenvalue weighted by atomic mass is 16.5.